The molecule has 4 nitrogen and oxygen atoms in total. The summed E-state index contributed by atoms with van der Waals surface area (Å²) in [6.07, 6.45) is 2.40. The molecule has 1 N–H and O–H groups in total. The largest absolute Gasteiger partial charge is 0.378 e. The third-order valence-corrected chi connectivity index (χ3v) is 5.56. The fourth-order valence-corrected chi connectivity index (χ4v) is 3.96. The number of hydrogen-bond donors (Lipinski definition) is 1. The van der Waals surface area contributed by atoms with Gasteiger partial charge in [-0.2, -0.15) is 0 Å². The molecule has 1 atom stereocenters. The van der Waals surface area contributed by atoms with E-state index in [0.717, 1.165) is 18.8 Å². The third-order valence-electron chi connectivity index (χ3n) is 5.01. The lowest BCUT2D eigenvalue weighted by Gasteiger charge is -2.28. The molecule has 1 aliphatic heterocycles. The molecule has 2 aromatic carbocycles. The van der Waals surface area contributed by atoms with Crippen LogP contribution in [-0.2, 0) is 0 Å². The van der Waals surface area contributed by atoms with Crippen LogP contribution in [0.1, 0.15) is 34.8 Å². The van der Waals surface area contributed by atoms with E-state index in [1.807, 2.05) is 14.1 Å². The lowest BCUT2D eigenvalue weighted by Crippen LogP contribution is -2.36. The average molecular weight is 406 g/mol. The number of anilines is 1. The normalized spacial score (nSPS) is 15.6. The van der Waals surface area contributed by atoms with Gasteiger partial charge in [0.2, 0.25) is 0 Å². The summed E-state index contributed by atoms with van der Waals surface area (Å²) < 4.78 is 0. The minimum atomic E-state index is -0.175. The number of carbonyl (C=O) groups excluding carboxylic acids is 1. The van der Waals surface area contributed by atoms with Crippen molar-refractivity contribution in [3.8, 4) is 0 Å². The number of nitrogens with zero attached hydrogens (tertiary/aromatic N) is 2. The van der Waals surface area contributed by atoms with Gasteiger partial charge in [-0.15, -0.1) is 0 Å². The zero-order valence-corrected chi connectivity index (χ0v) is 17.2. The summed E-state index contributed by atoms with van der Waals surface area (Å²) >= 11 is 12.1. The van der Waals surface area contributed by atoms with E-state index in [1.54, 1.807) is 18.2 Å². The second-order valence-corrected chi connectivity index (χ2v) is 7.92. The van der Waals surface area contributed by atoms with Crippen LogP contribution in [0.3, 0.4) is 0 Å². The Balaban J connectivity index is 1.74. The molecule has 0 aliphatic carbocycles. The smallest absolute Gasteiger partial charge is 0.252 e. The van der Waals surface area contributed by atoms with Gasteiger partial charge in [-0.3, -0.25) is 9.69 Å². The van der Waals surface area contributed by atoms with E-state index in [9.17, 15) is 4.79 Å². The van der Waals surface area contributed by atoms with Crippen molar-refractivity contribution in [2.45, 2.75) is 18.9 Å². The molecule has 0 radical (unpaired) electrons. The summed E-state index contributed by atoms with van der Waals surface area (Å²) in [4.78, 5) is 17.1. The van der Waals surface area contributed by atoms with E-state index in [4.69, 9.17) is 23.2 Å². The monoisotopic (exact) mass is 405 g/mol. The first kappa shape index (κ1) is 20.0. The van der Waals surface area contributed by atoms with Crippen molar-refractivity contribution in [2.75, 3.05) is 38.6 Å². The lowest BCUT2D eigenvalue weighted by atomic mass is 10.0. The molecule has 1 saturated heterocycles. The third kappa shape index (κ3) is 4.95. The van der Waals surface area contributed by atoms with Gasteiger partial charge >= 0.3 is 0 Å². The molecule has 6 heteroatoms. The zero-order chi connectivity index (χ0) is 19.4. The quantitative estimate of drug-likeness (QED) is 0.760. The number of likely N-dealkylation sites (tertiary alicyclic amines) is 1. The van der Waals surface area contributed by atoms with Crippen molar-refractivity contribution in [3.05, 3.63) is 63.6 Å². The first-order valence-electron chi connectivity index (χ1n) is 9.20. The van der Waals surface area contributed by atoms with Gasteiger partial charge in [-0.25, -0.2) is 0 Å². The number of rotatable bonds is 6. The fraction of sp³-hybridized carbons (Fsp3) is 0.381. The Kier molecular flexibility index (Phi) is 6.64. The van der Waals surface area contributed by atoms with Gasteiger partial charge < -0.3 is 10.2 Å². The molecule has 0 bridgehead atoms. The second kappa shape index (κ2) is 8.96. The van der Waals surface area contributed by atoms with Crippen molar-refractivity contribution in [2.24, 2.45) is 0 Å². The number of hydrogen-bond acceptors (Lipinski definition) is 3. The van der Waals surface area contributed by atoms with Crippen molar-refractivity contribution in [1.29, 1.82) is 0 Å². The summed E-state index contributed by atoms with van der Waals surface area (Å²) in [7, 11) is 4.06. The van der Waals surface area contributed by atoms with Gasteiger partial charge in [-0.05, 0) is 61.8 Å². The van der Waals surface area contributed by atoms with E-state index >= 15 is 0 Å². The van der Waals surface area contributed by atoms with Crippen molar-refractivity contribution in [1.82, 2.24) is 10.2 Å². The molecule has 27 heavy (non-hydrogen) atoms. The fourth-order valence-electron chi connectivity index (χ4n) is 3.46. The van der Waals surface area contributed by atoms with Gasteiger partial charge in [0.05, 0.1) is 16.6 Å². The van der Waals surface area contributed by atoms with Crippen LogP contribution in [0.4, 0.5) is 5.69 Å². The van der Waals surface area contributed by atoms with Crippen LogP contribution in [-0.4, -0.2) is 44.5 Å². The standard InChI is InChI=1S/C21H25Cl2N3O/c1-25(2)17-8-5-15(6-9-17)20(26-11-3-4-12-26)14-24-21(27)18-10-7-16(22)13-19(18)23/h5-10,13,20H,3-4,11-12,14H2,1-2H3,(H,24,27)/t20-/m0/s1. The average Bonchev–Trinajstić information content (AvgIpc) is 3.16. The van der Waals surface area contributed by atoms with E-state index < -0.39 is 0 Å². The Morgan fingerprint density at radius 3 is 2.37 bits per heavy atom. The molecule has 3 rings (SSSR count). The first-order valence-corrected chi connectivity index (χ1v) is 9.96. The van der Waals surface area contributed by atoms with E-state index in [-0.39, 0.29) is 11.9 Å². The van der Waals surface area contributed by atoms with Crippen LogP contribution in [0, 0.1) is 0 Å². The highest BCUT2D eigenvalue weighted by Crippen LogP contribution is 2.27. The summed E-state index contributed by atoms with van der Waals surface area (Å²) in [6.45, 7) is 2.65. The van der Waals surface area contributed by atoms with Crippen LogP contribution < -0.4 is 10.2 Å². The molecule has 0 spiro atoms. The second-order valence-electron chi connectivity index (χ2n) is 7.08. The van der Waals surface area contributed by atoms with Crippen molar-refractivity contribution in [3.63, 3.8) is 0 Å². The maximum absolute atomic E-state index is 12.6. The van der Waals surface area contributed by atoms with Crippen LogP contribution in [0.15, 0.2) is 42.5 Å². The molecule has 1 heterocycles. The highest BCUT2D eigenvalue weighted by atomic mass is 35.5. The molecule has 1 fully saturated rings. The zero-order valence-electron chi connectivity index (χ0n) is 15.7. The van der Waals surface area contributed by atoms with Crippen LogP contribution in [0.2, 0.25) is 10.0 Å². The predicted molar refractivity (Wildman–Crippen MR) is 113 cm³/mol. The number of benzene rings is 2. The van der Waals surface area contributed by atoms with E-state index in [0.29, 0.717) is 22.2 Å². The number of carbonyl (C=O) groups is 1. The van der Waals surface area contributed by atoms with E-state index in [2.05, 4.69) is 39.4 Å². The highest BCUT2D eigenvalue weighted by molar-refractivity contribution is 6.36. The molecule has 0 aromatic heterocycles. The van der Waals surface area contributed by atoms with Crippen LogP contribution in [0.5, 0.6) is 0 Å². The Hall–Kier alpha value is -1.75. The Bertz CT molecular complexity index is 787. The Labute approximate surface area is 171 Å². The summed E-state index contributed by atoms with van der Waals surface area (Å²) in [6, 6.07) is 13.6. The van der Waals surface area contributed by atoms with Crippen molar-refractivity contribution < 1.29 is 4.79 Å². The maximum atomic E-state index is 12.6. The minimum Gasteiger partial charge on any atom is -0.378 e. The molecule has 1 amide bonds. The topological polar surface area (TPSA) is 35.6 Å². The molecule has 2 aromatic rings. The molecular weight excluding hydrogens is 381 g/mol. The van der Waals surface area contributed by atoms with Gasteiger partial charge in [-0.1, -0.05) is 35.3 Å². The number of halogens is 2. The van der Waals surface area contributed by atoms with Gasteiger partial charge in [0.15, 0.2) is 0 Å². The minimum absolute atomic E-state index is 0.152. The molecular formula is C21H25Cl2N3O. The van der Waals surface area contributed by atoms with Crippen LogP contribution in [0.25, 0.3) is 0 Å². The predicted octanol–water partition coefficient (Wildman–Crippen LogP) is 4.63. The Morgan fingerprint density at radius 2 is 1.78 bits per heavy atom. The summed E-state index contributed by atoms with van der Waals surface area (Å²) in [5.41, 5.74) is 2.82. The van der Waals surface area contributed by atoms with Crippen molar-refractivity contribution >= 4 is 34.8 Å². The molecule has 1 aliphatic rings. The molecule has 0 saturated carbocycles. The first-order chi connectivity index (χ1) is 13.0. The van der Waals surface area contributed by atoms with E-state index in [1.165, 1.54) is 18.4 Å². The Morgan fingerprint density at radius 1 is 1.11 bits per heavy atom. The molecule has 0 unspecified atom stereocenters. The van der Waals surface area contributed by atoms with Gasteiger partial charge in [0.25, 0.3) is 5.91 Å². The SMILES string of the molecule is CN(C)c1ccc([C@H](CNC(=O)c2ccc(Cl)cc2Cl)N2CCCC2)cc1. The number of amides is 1. The van der Waals surface area contributed by atoms with Gasteiger partial charge in [0, 0.05) is 31.4 Å². The highest BCUT2D eigenvalue weighted by Gasteiger charge is 2.24. The van der Waals surface area contributed by atoms with Gasteiger partial charge in [0.1, 0.15) is 0 Å². The van der Waals surface area contributed by atoms with Crippen LogP contribution >= 0.6 is 23.2 Å². The molecule has 144 valence electrons. The maximum Gasteiger partial charge on any atom is 0.252 e. The number of nitrogens with one attached hydrogen (secondary N) is 1. The lowest BCUT2D eigenvalue weighted by molar-refractivity contribution is 0.0938. The summed E-state index contributed by atoms with van der Waals surface area (Å²) in [5, 5.41) is 3.94. The summed E-state index contributed by atoms with van der Waals surface area (Å²) in [5.74, 6) is -0.175.